The third-order valence-electron chi connectivity index (χ3n) is 4.05. The number of benzene rings is 1. The van der Waals surface area contributed by atoms with Gasteiger partial charge in [-0.2, -0.15) is 0 Å². The highest BCUT2D eigenvalue weighted by molar-refractivity contribution is 5.14. The molecule has 0 aromatic heterocycles. The van der Waals surface area contributed by atoms with Crippen molar-refractivity contribution in [3.63, 3.8) is 0 Å². The van der Waals surface area contributed by atoms with Gasteiger partial charge in [0.15, 0.2) is 0 Å². The first kappa shape index (κ1) is 18.0. The Morgan fingerprint density at radius 2 is 1.67 bits per heavy atom. The van der Waals surface area contributed by atoms with Crippen LogP contribution in [-0.2, 0) is 6.54 Å². The first-order valence-electron chi connectivity index (χ1n) is 8.75. The monoisotopic (exact) mass is 287 g/mol. The molecule has 1 atom stereocenters. The summed E-state index contributed by atoms with van der Waals surface area (Å²) in [7, 11) is 0. The Bertz CT molecular complexity index is 344. The average molecular weight is 287 g/mol. The van der Waals surface area contributed by atoms with Crippen molar-refractivity contribution >= 4 is 0 Å². The van der Waals surface area contributed by atoms with Gasteiger partial charge in [-0.1, -0.05) is 88.3 Å². The molecule has 0 heterocycles. The molecule has 0 aliphatic rings. The van der Waals surface area contributed by atoms with Crippen LogP contribution < -0.4 is 5.32 Å². The van der Waals surface area contributed by atoms with Gasteiger partial charge in [0, 0.05) is 12.6 Å². The molecule has 0 fully saturated rings. The van der Waals surface area contributed by atoms with E-state index in [9.17, 15) is 0 Å². The molecule has 0 saturated carbocycles. The predicted molar refractivity (Wildman–Crippen MR) is 94.5 cm³/mol. The van der Waals surface area contributed by atoms with Crippen LogP contribution in [0, 0.1) is 0 Å². The van der Waals surface area contributed by atoms with Crippen molar-refractivity contribution < 1.29 is 0 Å². The molecule has 1 heteroatoms. The van der Waals surface area contributed by atoms with E-state index in [0.717, 1.165) is 13.0 Å². The van der Waals surface area contributed by atoms with Crippen LogP contribution in [0.4, 0.5) is 0 Å². The molecule has 0 aliphatic heterocycles. The van der Waals surface area contributed by atoms with Crippen LogP contribution in [-0.4, -0.2) is 6.04 Å². The largest absolute Gasteiger partial charge is 0.310 e. The molecule has 1 unspecified atom stereocenters. The van der Waals surface area contributed by atoms with E-state index in [1.165, 1.54) is 56.9 Å². The lowest BCUT2D eigenvalue weighted by atomic mass is 10.0. The first-order valence-corrected chi connectivity index (χ1v) is 8.75. The Kier molecular flexibility index (Phi) is 10.8. The maximum Gasteiger partial charge on any atom is 0.0208 e. The molecule has 0 radical (unpaired) electrons. The minimum absolute atomic E-state index is 0.582. The quantitative estimate of drug-likeness (QED) is 0.354. The fraction of sp³-hybridized carbons (Fsp3) is 0.600. The maximum absolute atomic E-state index is 3.89. The lowest BCUT2D eigenvalue weighted by Crippen LogP contribution is -2.28. The van der Waals surface area contributed by atoms with Gasteiger partial charge in [0.05, 0.1) is 0 Å². The Hall–Kier alpha value is -1.08. The van der Waals surface area contributed by atoms with Gasteiger partial charge >= 0.3 is 0 Å². The Labute approximate surface area is 131 Å². The highest BCUT2D eigenvalue weighted by Gasteiger charge is 2.06. The van der Waals surface area contributed by atoms with Crippen LogP contribution in [0.5, 0.6) is 0 Å². The normalized spacial score (nSPS) is 12.2. The summed E-state index contributed by atoms with van der Waals surface area (Å²) in [6.45, 7) is 7.14. The van der Waals surface area contributed by atoms with E-state index in [2.05, 4.69) is 49.2 Å². The van der Waals surface area contributed by atoms with Crippen molar-refractivity contribution in [1.29, 1.82) is 0 Å². The van der Waals surface area contributed by atoms with Crippen molar-refractivity contribution in [1.82, 2.24) is 5.32 Å². The van der Waals surface area contributed by atoms with Gasteiger partial charge in [-0.3, -0.25) is 0 Å². The highest BCUT2D eigenvalue weighted by Crippen LogP contribution is 2.12. The zero-order valence-corrected chi connectivity index (χ0v) is 13.8. The molecular weight excluding hydrogens is 254 g/mol. The van der Waals surface area contributed by atoms with E-state index in [-0.39, 0.29) is 0 Å². The molecule has 0 saturated heterocycles. The molecule has 0 bridgehead atoms. The first-order chi connectivity index (χ1) is 10.4. The van der Waals surface area contributed by atoms with E-state index in [4.69, 9.17) is 0 Å². The fourth-order valence-corrected chi connectivity index (χ4v) is 2.71. The maximum atomic E-state index is 3.89. The molecule has 0 aliphatic carbocycles. The Balaban J connectivity index is 2.13. The molecule has 1 aromatic rings. The second-order valence-corrected chi connectivity index (χ2v) is 6.00. The second kappa shape index (κ2) is 12.6. The standard InChI is InChI=1S/C20H33N/c1-3-5-6-7-8-9-13-17-20(14-4-2)21-18-19-15-11-10-12-16-19/h4,10-12,15-16,20-21H,2-3,5-9,13-14,17-18H2,1H3. The summed E-state index contributed by atoms with van der Waals surface area (Å²) in [6.07, 6.45) is 14.1. The third kappa shape index (κ3) is 9.47. The number of rotatable bonds is 13. The molecule has 118 valence electrons. The van der Waals surface area contributed by atoms with Crippen LogP contribution in [0.2, 0.25) is 0 Å². The Morgan fingerprint density at radius 3 is 2.33 bits per heavy atom. The van der Waals surface area contributed by atoms with Crippen molar-refractivity contribution in [2.24, 2.45) is 0 Å². The SMILES string of the molecule is C=CCC(CCCCCCCCC)NCc1ccccc1. The second-order valence-electron chi connectivity index (χ2n) is 6.00. The van der Waals surface area contributed by atoms with Gasteiger partial charge < -0.3 is 5.32 Å². The van der Waals surface area contributed by atoms with Gasteiger partial charge in [-0.15, -0.1) is 6.58 Å². The Morgan fingerprint density at radius 1 is 1.00 bits per heavy atom. The van der Waals surface area contributed by atoms with Gasteiger partial charge in [-0.25, -0.2) is 0 Å². The molecular formula is C20H33N. The minimum Gasteiger partial charge on any atom is -0.310 e. The van der Waals surface area contributed by atoms with E-state index >= 15 is 0 Å². The summed E-state index contributed by atoms with van der Waals surface area (Å²) >= 11 is 0. The van der Waals surface area contributed by atoms with Crippen LogP contribution >= 0.6 is 0 Å². The summed E-state index contributed by atoms with van der Waals surface area (Å²) < 4.78 is 0. The van der Waals surface area contributed by atoms with Crippen LogP contribution in [0.1, 0.15) is 70.3 Å². The van der Waals surface area contributed by atoms with Crippen LogP contribution in [0.25, 0.3) is 0 Å². The van der Waals surface area contributed by atoms with Crippen LogP contribution in [0.3, 0.4) is 0 Å². The summed E-state index contributed by atoms with van der Waals surface area (Å²) in [5, 5.41) is 3.68. The minimum atomic E-state index is 0.582. The third-order valence-corrected chi connectivity index (χ3v) is 4.05. The smallest absolute Gasteiger partial charge is 0.0208 e. The molecule has 1 N–H and O–H groups in total. The van der Waals surface area contributed by atoms with Gasteiger partial charge in [0.25, 0.3) is 0 Å². The predicted octanol–water partition coefficient (Wildman–Crippen LogP) is 5.86. The number of nitrogens with one attached hydrogen (secondary N) is 1. The van der Waals surface area contributed by atoms with Gasteiger partial charge in [0.1, 0.15) is 0 Å². The number of hydrogen-bond acceptors (Lipinski definition) is 1. The van der Waals surface area contributed by atoms with E-state index < -0.39 is 0 Å². The molecule has 1 aromatic carbocycles. The van der Waals surface area contributed by atoms with Crippen molar-refractivity contribution in [2.45, 2.75) is 77.3 Å². The van der Waals surface area contributed by atoms with Gasteiger partial charge in [0.2, 0.25) is 0 Å². The number of unbranched alkanes of at least 4 members (excludes halogenated alkanes) is 6. The van der Waals surface area contributed by atoms with E-state index in [0.29, 0.717) is 6.04 Å². The van der Waals surface area contributed by atoms with Crippen LogP contribution in [0.15, 0.2) is 43.0 Å². The van der Waals surface area contributed by atoms with Crippen molar-refractivity contribution in [2.75, 3.05) is 0 Å². The van der Waals surface area contributed by atoms with Gasteiger partial charge in [-0.05, 0) is 18.4 Å². The lowest BCUT2D eigenvalue weighted by Gasteiger charge is -2.17. The van der Waals surface area contributed by atoms with Crippen molar-refractivity contribution in [3.05, 3.63) is 48.6 Å². The highest BCUT2D eigenvalue weighted by atomic mass is 14.9. The van der Waals surface area contributed by atoms with E-state index in [1.54, 1.807) is 0 Å². The topological polar surface area (TPSA) is 12.0 Å². The lowest BCUT2D eigenvalue weighted by molar-refractivity contribution is 0.453. The zero-order chi connectivity index (χ0) is 15.2. The van der Waals surface area contributed by atoms with E-state index in [1.807, 2.05) is 6.08 Å². The summed E-state index contributed by atoms with van der Waals surface area (Å²) in [5.41, 5.74) is 1.37. The molecule has 1 rings (SSSR count). The molecule has 21 heavy (non-hydrogen) atoms. The fourth-order valence-electron chi connectivity index (χ4n) is 2.71. The number of hydrogen-bond donors (Lipinski definition) is 1. The molecule has 1 nitrogen and oxygen atoms in total. The zero-order valence-electron chi connectivity index (χ0n) is 13.8. The average Bonchev–Trinajstić information content (AvgIpc) is 2.52. The summed E-state index contributed by atoms with van der Waals surface area (Å²) in [4.78, 5) is 0. The summed E-state index contributed by atoms with van der Waals surface area (Å²) in [6, 6.07) is 11.2. The molecule has 0 spiro atoms. The summed E-state index contributed by atoms with van der Waals surface area (Å²) in [5.74, 6) is 0. The van der Waals surface area contributed by atoms with Crippen molar-refractivity contribution in [3.8, 4) is 0 Å². The molecule has 0 amide bonds.